The third kappa shape index (κ3) is 6.64. The van der Waals surface area contributed by atoms with Gasteiger partial charge in [-0.2, -0.15) is 0 Å². The maximum atomic E-state index is 13.4. The van der Waals surface area contributed by atoms with Crippen LogP contribution in [0.4, 0.5) is 5.69 Å². The van der Waals surface area contributed by atoms with Gasteiger partial charge in [0, 0.05) is 28.7 Å². The molecular formula is C34H34N4O7S2. The van der Waals surface area contributed by atoms with Crippen LogP contribution in [-0.4, -0.2) is 68.9 Å². The number of amides is 2. The highest BCUT2D eigenvalue weighted by atomic mass is 32.2. The number of sulfone groups is 1. The van der Waals surface area contributed by atoms with Crippen molar-refractivity contribution in [2.75, 3.05) is 32.1 Å². The first kappa shape index (κ1) is 32.4. The number of hydrogen-bond donors (Lipinski definition) is 2. The molecule has 2 amide bonds. The molecule has 2 N–H and O–H groups in total. The first-order valence-corrected chi connectivity index (χ1v) is 17.5. The molecule has 1 saturated heterocycles. The fourth-order valence-corrected chi connectivity index (χ4v) is 8.46. The van der Waals surface area contributed by atoms with E-state index in [1.54, 1.807) is 25.3 Å². The summed E-state index contributed by atoms with van der Waals surface area (Å²) in [6.07, 6.45) is 4.33. The summed E-state index contributed by atoms with van der Waals surface area (Å²) in [5, 5.41) is 6.37. The highest BCUT2D eigenvalue weighted by Crippen LogP contribution is 2.37. The summed E-state index contributed by atoms with van der Waals surface area (Å²) in [4.78, 5) is 45.4. The van der Waals surface area contributed by atoms with Crippen LogP contribution in [0.15, 0.2) is 76.7 Å². The molecule has 1 aromatic heterocycles. The Labute approximate surface area is 276 Å². The van der Waals surface area contributed by atoms with Crippen LogP contribution in [0.25, 0.3) is 10.6 Å². The van der Waals surface area contributed by atoms with Crippen LogP contribution in [0, 0.1) is 6.92 Å². The van der Waals surface area contributed by atoms with Gasteiger partial charge in [0.05, 0.1) is 41.3 Å². The molecule has 0 saturated carbocycles. The summed E-state index contributed by atoms with van der Waals surface area (Å²) in [5.74, 6) is -0.379. The molecule has 0 spiro atoms. The van der Waals surface area contributed by atoms with Gasteiger partial charge >= 0.3 is 5.97 Å². The molecule has 3 aromatic carbocycles. The zero-order valence-corrected chi connectivity index (χ0v) is 27.6. The number of aromatic nitrogens is 1. The zero-order valence-electron chi connectivity index (χ0n) is 25.9. The van der Waals surface area contributed by atoms with Crippen molar-refractivity contribution < 1.29 is 32.3 Å². The van der Waals surface area contributed by atoms with Gasteiger partial charge in [0.1, 0.15) is 16.8 Å². The molecule has 2 aliphatic heterocycles. The van der Waals surface area contributed by atoms with E-state index in [1.807, 2.05) is 24.3 Å². The van der Waals surface area contributed by atoms with Crippen molar-refractivity contribution >= 4 is 44.6 Å². The zero-order chi connectivity index (χ0) is 33.1. The Balaban J connectivity index is 1.04. The Morgan fingerprint density at radius 1 is 1.09 bits per heavy atom. The second-order valence-corrected chi connectivity index (χ2v) is 14.3. The monoisotopic (exact) mass is 674 g/mol. The average Bonchev–Trinajstić information content (AvgIpc) is 3.75. The second-order valence-electron chi connectivity index (χ2n) is 11.3. The van der Waals surface area contributed by atoms with E-state index >= 15 is 0 Å². The largest absolute Gasteiger partial charge is 0.494 e. The lowest BCUT2D eigenvalue weighted by atomic mass is 10.1. The lowest BCUT2D eigenvalue weighted by Crippen LogP contribution is -2.37. The van der Waals surface area contributed by atoms with E-state index in [-0.39, 0.29) is 45.2 Å². The minimum absolute atomic E-state index is 0.0516. The van der Waals surface area contributed by atoms with Crippen molar-refractivity contribution in [3.8, 4) is 16.3 Å². The number of nitrogens with zero attached hydrogens (tertiary/aromatic N) is 2. The fraction of sp³-hybridized carbons (Fsp3) is 0.294. The minimum atomic E-state index is -3.98. The Morgan fingerprint density at radius 3 is 2.66 bits per heavy atom. The second kappa shape index (κ2) is 13.6. The number of carbonyl (C=O) groups is 3. The number of hydrogen-bond acceptors (Lipinski definition) is 10. The number of fused-ring (bicyclic) bond motifs is 2. The summed E-state index contributed by atoms with van der Waals surface area (Å²) in [6.45, 7) is 4.03. The highest BCUT2D eigenvalue weighted by Gasteiger charge is 2.33. The predicted molar refractivity (Wildman–Crippen MR) is 176 cm³/mol. The van der Waals surface area contributed by atoms with Gasteiger partial charge in [0.15, 0.2) is 0 Å². The summed E-state index contributed by atoms with van der Waals surface area (Å²) >= 11 is 1.45. The molecule has 2 aliphatic rings. The summed E-state index contributed by atoms with van der Waals surface area (Å²) in [7, 11) is -2.55. The maximum Gasteiger partial charge on any atom is 0.323 e. The highest BCUT2D eigenvalue weighted by molar-refractivity contribution is 7.91. The van der Waals surface area contributed by atoms with E-state index in [0.717, 1.165) is 53.5 Å². The Morgan fingerprint density at radius 2 is 1.87 bits per heavy atom. The van der Waals surface area contributed by atoms with Crippen molar-refractivity contribution in [1.82, 2.24) is 15.2 Å². The van der Waals surface area contributed by atoms with Gasteiger partial charge in [-0.3, -0.25) is 19.3 Å². The van der Waals surface area contributed by atoms with E-state index in [1.165, 1.54) is 42.7 Å². The summed E-state index contributed by atoms with van der Waals surface area (Å²) in [5.41, 5.74) is 1.69. The van der Waals surface area contributed by atoms with Gasteiger partial charge in [0.2, 0.25) is 9.84 Å². The molecule has 47 heavy (non-hydrogen) atoms. The minimum Gasteiger partial charge on any atom is -0.494 e. The molecule has 4 aromatic rings. The summed E-state index contributed by atoms with van der Waals surface area (Å²) in [6, 6.07) is 16.4. The molecule has 0 unspecified atom stereocenters. The van der Waals surface area contributed by atoms with Crippen LogP contribution in [0.2, 0.25) is 0 Å². The number of benzene rings is 3. The lowest BCUT2D eigenvalue weighted by molar-refractivity contribution is -0.145. The van der Waals surface area contributed by atoms with Gasteiger partial charge in [-0.15, -0.1) is 11.3 Å². The van der Waals surface area contributed by atoms with E-state index in [9.17, 15) is 22.8 Å². The Bertz CT molecular complexity index is 1940. The molecular weight excluding hydrogens is 641 g/mol. The quantitative estimate of drug-likeness (QED) is 0.178. The number of methoxy groups -OCH3 is 1. The molecule has 6 rings (SSSR count). The van der Waals surface area contributed by atoms with Crippen LogP contribution < -0.4 is 15.4 Å². The van der Waals surface area contributed by atoms with Crippen LogP contribution in [0.3, 0.4) is 0 Å². The number of likely N-dealkylation sites (tertiary alicyclic amines) is 1. The molecule has 1 fully saturated rings. The van der Waals surface area contributed by atoms with Crippen molar-refractivity contribution in [3.63, 3.8) is 0 Å². The normalized spacial score (nSPS) is 16.8. The lowest BCUT2D eigenvalue weighted by Gasteiger charge is -2.22. The SMILES string of the molecule is COC(=O)[C@@H]1CCCN1CCCOc1ccc(-c2ncc(CNC(=O)c3ccc4c(c3C)NC(=O)c3ccccc3S4(=O)=O)s2)cc1. The van der Waals surface area contributed by atoms with Crippen LogP contribution in [0.1, 0.15) is 50.4 Å². The number of rotatable bonds is 10. The van der Waals surface area contributed by atoms with Crippen molar-refractivity contribution in [3.05, 3.63) is 88.4 Å². The maximum absolute atomic E-state index is 13.4. The van der Waals surface area contributed by atoms with Crippen LogP contribution in [0.5, 0.6) is 5.75 Å². The van der Waals surface area contributed by atoms with E-state index in [2.05, 4.69) is 20.5 Å². The number of anilines is 1. The molecule has 3 heterocycles. The average molecular weight is 675 g/mol. The summed E-state index contributed by atoms with van der Waals surface area (Å²) < 4.78 is 37.6. The van der Waals surface area contributed by atoms with Gasteiger partial charge in [0.25, 0.3) is 11.8 Å². The van der Waals surface area contributed by atoms with Gasteiger partial charge in [-0.05, 0) is 86.8 Å². The van der Waals surface area contributed by atoms with Crippen LogP contribution >= 0.6 is 11.3 Å². The first-order chi connectivity index (χ1) is 22.7. The van der Waals surface area contributed by atoms with Gasteiger partial charge in [-0.1, -0.05) is 12.1 Å². The number of thiazole rings is 1. The number of carbonyl (C=O) groups excluding carboxylic acids is 3. The molecule has 13 heteroatoms. The molecule has 244 valence electrons. The van der Waals surface area contributed by atoms with Gasteiger partial charge < -0.3 is 20.1 Å². The van der Waals surface area contributed by atoms with E-state index in [0.29, 0.717) is 12.2 Å². The molecule has 0 bridgehead atoms. The molecule has 0 aliphatic carbocycles. The number of nitrogens with one attached hydrogen (secondary N) is 2. The van der Waals surface area contributed by atoms with Crippen molar-refractivity contribution in [2.45, 2.75) is 48.6 Å². The topological polar surface area (TPSA) is 144 Å². The number of ether oxygens (including phenoxy) is 2. The van der Waals surface area contributed by atoms with E-state index in [4.69, 9.17) is 9.47 Å². The Hall–Kier alpha value is -4.59. The smallest absolute Gasteiger partial charge is 0.323 e. The molecule has 1 atom stereocenters. The standard InChI is InChI=1S/C34H34N4O7S2/c1-21-25(14-15-29-30(21)37-32(40)26-7-3-4-9-28(26)47(29,42)43)31(39)35-19-24-20-36-33(46-24)22-10-12-23(13-11-22)45-18-6-17-38-16-5-8-27(38)34(41)44-2/h3-4,7,9-15,20,27H,5-6,8,16-19H2,1-2H3,(H,35,39)(H,37,40)/t27-/m0/s1. The third-order valence-corrected chi connectivity index (χ3v) is 11.3. The molecule has 11 nitrogen and oxygen atoms in total. The van der Waals surface area contributed by atoms with E-state index < -0.39 is 21.7 Å². The first-order valence-electron chi connectivity index (χ1n) is 15.2. The molecule has 0 radical (unpaired) electrons. The Kier molecular flexibility index (Phi) is 9.39. The fourth-order valence-electron chi connectivity index (χ4n) is 5.93. The van der Waals surface area contributed by atoms with Gasteiger partial charge in [-0.25, -0.2) is 13.4 Å². The van der Waals surface area contributed by atoms with Crippen LogP contribution in [-0.2, 0) is 25.9 Å². The van der Waals surface area contributed by atoms with Crippen molar-refractivity contribution in [2.24, 2.45) is 0 Å². The number of esters is 1. The third-order valence-electron chi connectivity index (χ3n) is 8.39. The van der Waals surface area contributed by atoms with Crippen molar-refractivity contribution in [1.29, 1.82) is 0 Å². The predicted octanol–water partition coefficient (Wildman–Crippen LogP) is 4.85.